The van der Waals surface area contributed by atoms with E-state index in [0.29, 0.717) is 5.78 Å². The monoisotopic (exact) mass is 251 g/mol. The Morgan fingerprint density at radius 3 is 2.82 bits per heavy atom. The SMILES string of the molecule is Cc1ccsc1CCNCC1CCC(=O)CC1. The predicted molar refractivity (Wildman–Crippen MR) is 72.6 cm³/mol. The summed E-state index contributed by atoms with van der Waals surface area (Å²) in [6.45, 7) is 4.32. The molecule has 17 heavy (non-hydrogen) atoms. The van der Waals surface area contributed by atoms with E-state index in [1.807, 2.05) is 11.3 Å². The largest absolute Gasteiger partial charge is 0.316 e. The number of hydrogen-bond acceptors (Lipinski definition) is 3. The van der Waals surface area contributed by atoms with Crippen molar-refractivity contribution in [1.29, 1.82) is 0 Å². The normalized spacial score (nSPS) is 17.6. The van der Waals surface area contributed by atoms with Crippen LogP contribution in [0.25, 0.3) is 0 Å². The lowest BCUT2D eigenvalue weighted by Gasteiger charge is -2.21. The summed E-state index contributed by atoms with van der Waals surface area (Å²) in [5.74, 6) is 1.17. The van der Waals surface area contributed by atoms with Gasteiger partial charge in [0.1, 0.15) is 5.78 Å². The molecule has 0 bridgehead atoms. The first kappa shape index (κ1) is 12.8. The van der Waals surface area contributed by atoms with Gasteiger partial charge in [0.05, 0.1) is 0 Å². The zero-order chi connectivity index (χ0) is 12.1. The van der Waals surface area contributed by atoms with Gasteiger partial charge in [0, 0.05) is 17.7 Å². The number of nitrogens with one attached hydrogen (secondary N) is 1. The number of Topliss-reactive ketones (excluding diaryl/α,β-unsaturated/α-hetero) is 1. The van der Waals surface area contributed by atoms with Crippen molar-refractivity contribution >= 4 is 17.1 Å². The molecule has 1 N–H and O–H groups in total. The Labute approximate surface area is 107 Å². The van der Waals surface area contributed by atoms with E-state index in [1.54, 1.807) is 0 Å². The molecule has 0 spiro atoms. The van der Waals surface area contributed by atoms with Crippen LogP contribution in [0.3, 0.4) is 0 Å². The summed E-state index contributed by atoms with van der Waals surface area (Å²) in [5, 5.41) is 5.69. The molecule has 1 fully saturated rings. The molecule has 0 amide bonds. The third-order valence-corrected chi connectivity index (χ3v) is 4.68. The molecule has 3 heteroatoms. The topological polar surface area (TPSA) is 29.1 Å². The van der Waals surface area contributed by atoms with Crippen molar-refractivity contribution in [1.82, 2.24) is 5.32 Å². The second-order valence-corrected chi connectivity index (χ2v) is 5.96. The molecule has 94 valence electrons. The van der Waals surface area contributed by atoms with Gasteiger partial charge in [0.15, 0.2) is 0 Å². The molecule has 2 nitrogen and oxygen atoms in total. The predicted octanol–water partition coefficient (Wildman–Crippen LogP) is 2.95. The fraction of sp³-hybridized carbons (Fsp3) is 0.643. The zero-order valence-electron chi connectivity index (χ0n) is 10.5. The summed E-state index contributed by atoms with van der Waals surface area (Å²) in [6.07, 6.45) is 4.91. The molecule has 0 aliphatic heterocycles. The van der Waals surface area contributed by atoms with E-state index >= 15 is 0 Å². The van der Waals surface area contributed by atoms with E-state index < -0.39 is 0 Å². The average molecular weight is 251 g/mol. The molecule has 1 aromatic rings. The maximum Gasteiger partial charge on any atom is 0.132 e. The van der Waals surface area contributed by atoms with E-state index in [2.05, 4.69) is 23.7 Å². The molecule has 0 aromatic carbocycles. The highest BCUT2D eigenvalue weighted by atomic mass is 32.1. The van der Waals surface area contributed by atoms with Crippen molar-refractivity contribution in [3.63, 3.8) is 0 Å². The molecule has 1 aliphatic carbocycles. The number of aryl methyl sites for hydroxylation is 1. The molecule has 1 aliphatic rings. The van der Waals surface area contributed by atoms with E-state index in [0.717, 1.165) is 51.1 Å². The average Bonchev–Trinajstić information content (AvgIpc) is 2.73. The van der Waals surface area contributed by atoms with Gasteiger partial charge in [-0.3, -0.25) is 4.79 Å². The van der Waals surface area contributed by atoms with Crippen molar-refractivity contribution in [2.75, 3.05) is 13.1 Å². The van der Waals surface area contributed by atoms with Gasteiger partial charge >= 0.3 is 0 Å². The highest BCUT2D eigenvalue weighted by Gasteiger charge is 2.17. The number of thiophene rings is 1. The van der Waals surface area contributed by atoms with Gasteiger partial charge in [-0.1, -0.05) is 0 Å². The molecule has 0 unspecified atom stereocenters. The highest BCUT2D eigenvalue weighted by Crippen LogP contribution is 2.20. The first-order valence-electron chi connectivity index (χ1n) is 6.51. The Bertz CT molecular complexity index is 362. The molecule has 2 rings (SSSR count). The Balaban J connectivity index is 1.60. The summed E-state index contributed by atoms with van der Waals surface area (Å²) < 4.78 is 0. The Morgan fingerprint density at radius 1 is 1.41 bits per heavy atom. The van der Waals surface area contributed by atoms with Gasteiger partial charge in [0.25, 0.3) is 0 Å². The Kier molecular flexibility index (Phi) is 4.75. The Morgan fingerprint density at radius 2 is 2.18 bits per heavy atom. The van der Waals surface area contributed by atoms with E-state index in [9.17, 15) is 4.79 Å². The van der Waals surface area contributed by atoms with Crippen LogP contribution in [0.2, 0.25) is 0 Å². The minimum atomic E-state index is 0.454. The first-order chi connectivity index (χ1) is 8.25. The summed E-state index contributed by atoms with van der Waals surface area (Å²) >= 11 is 1.85. The molecule has 0 saturated heterocycles. The molecular formula is C14H21NOS. The van der Waals surface area contributed by atoms with Crippen LogP contribution in [0.15, 0.2) is 11.4 Å². The van der Waals surface area contributed by atoms with Crippen LogP contribution in [0.1, 0.15) is 36.1 Å². The van der Waals surface area contributed by atoms with Gasteiger partial charge in [-0.15, -0.1) is 11.3 Å². The fourth-order valence-corrected chi connectivity index (χ4v) is 3.28. The number of carbonyl (C=O) groups excluding carboxylic acids is 1. The van der Waals surface area contributed by atoms with Crippen LogP contribution in [-0.2, 0) is 11.2 Å². The summed E-state index contributed by atoms with van der Waals surface area (Å²) in [5.41, 5.74) is 1.42. The second kappa shape index (κ2) is 6.31. The molecule has 0 radical (unpaired) electrons. The molecule has 0 atom stereocenters. The van der Waals surface area contributed by atoms with Gasteiger partial charge in [-0.05, 0) is 62.2 Å². The summed E-state index contributed by atoms with van der Waals surface area (Å²) in [4.78, 5) is 12.6. The number of ketones is 1. The van der Waals surface area contributed by atoms with Crippen LogP contribution in [-0.4, -0.2) is 18.9 Å². The fourth-order valence-electron chi connectivity index (χ4n) is 2.37. The van der Waals surface area contributed by atoms with Crippen molar-refractivity contribution in [3.8, 4) is 0 Å². The van der Waals surface area contributed by atoms with Crippen LogP contribution < -0.4 is 5.32 Å². The minimum Gasteiger partial charge on any atom is -0.316 e. The van der Waals surface area contributed by atoms with Gasteiger partial charge in [-0.25, -0.2) is 0 Å². The van der Waals surface area contributed by atoms with E-state index in [4.69, 9.17) is 0 Å². The summed E-state index contributed by atoms with van der Waals surface area (Å²) in [6, 6.07) is 2.19. The maximum atomic E-state index is 11.1. The van der Waals surface area contributed by atoms with Crippen LogP contribution >= 0.6 is 11.3 Å². The van der Waals surface area contributed by atoms with Crippen molar-refractivity contribution < 1.29 is 4.79 Å². The molecule has 1 heterocycles. The number of carbonyl (C=O) groups is 1. The lowest BCUT2D eigenvalue weighted by Crippen LogP contribution is -2.27. The van der Waals surface area contributed by atoms with Crippen LogP contribution in [0.4, 0.5) is 0 Å². The van der Waals surface area contributed by atoms with Crippen molar-refractivity contribution in [2.45, 2.75) is 39.0 Å². The second-order valence-electron chi connectivity index (χ2n) is 4.96. The third-order valence-electron chi connectivity index (χ3n) is 3.59. The summed E-state index contributed by atoms with van der Waals surface area (Å²) in [7, 11) is 0. The van der Waals surface area contributed by atoms with Gasteiger partial charge in [0.2, 0.25) is 0 Å². The minimum absolute atomic E-state index is 0.454. The molecule has 1 saturated carbocycles. The van der Waals surface area contributed by atoms with Gasteiger partial charge in [-0.2, -0.15) is 0 Å². The maximum absolute atomic E-state index is 11.1. The lowest BCUT2D eigenvalue weighted by atomic mass is 9.88. The number of rotatable bonds is 5. The van der Waals surface area contributed by atoms with Crippen LogP contribution in [0, 0.1) is 12.8 Å². The Hall–Kier alpha value is -0.670. The van der Waals surface area contributed by atoms with E-state index in [-0.39, 0.29) is 0 Å². The standard InChI is InChI=1S/C14H21NOS/c1-11-7-9-17-14(11)6-8-15-10-12-2-4-13(16)5-3-12/h7,9,12,15H,2-6,8,10H2,1H3. The first-order valence-corrected chi connectivity index (χ1v) is 7.39. The van der Waals surface area contributed by atoms with Crippen molar-refractivity contribution in [2.24, 2.45) is 5.92 Å². The zero-order valence-corrected chi connectivity index (χ0v) is 11.3. The molecule has 1 aromatic heterocycles. The highest BCUT2D eigenvalue weighted by molar-refractivity contribution is 7.10. The van der Waals surface area contributed by atoms with Crippen molar-refractivity contribution in [3.05, 3.63) is 21.9 Å². The third kappa shape index (κ3) is 3.93. The number of hydrogen-bond donors (Lipinski definition) is 1. The van der Waals surface area contributed by atoms with Crippen LogP contribution in [0.5, 0.6) is 0 Å². The molecular weight excluding hydrogens is 230 g/mol. The van der Waals surface area contributed by atoms with Gasteiger partial charge < -0.3 is 5.32 Å². The lowest BCUT2D eigenvalue weighted by molar-refractivity contribution is -0.120. The quantitative estimate of drug-likeness (QED) is 0.815. The smallest absolute Gasteiger partial charge is 0.132 e. The van der Waals surface area contributed by atoms with E-state index in [1.165, 1.54) is 10.4 Å².